The van der Waals surface area contributed by atoms with E-state index in [4.69, 9.17) is 9.47 Å². The van der Waals surface area contributed by atoms with Crippen LogP contribution in [0.5, 0.6) is 11.5 Å². The normalized spacial score (nSPS) is 10.1. The number of hydrogen-bond acceptors (Lipinski definition) is 4. The van der Waals surface area contributed by atoms with Crippen LogP contribution in [0.2, 0.25) is 0 Å². The lowest BCUT2D eigenvalue weighted by Gasteiger charge is -2.10. The molecule has 1 amide bonds. The standard InChI is InChI=1S/C13H15N3O3/c1-8-6-11(16-15-8)13(17)14-10-5-4-9(18-2)7-12(10)19-3/h4-7H,1-3H3,(H,14,17)(H,15,16). The number of rotatable bonds is 4. The molecule has 1 heterocycles. The lowest BCUT2D eigenvalue weighted by molar-refractivity contribution is 0.102. The number of H-pyrrole nitrogens is 1. The van der Waals surface area contributed by atoms with E-state index in [9.17, 15) is 4.79 Å². The molecular formula is C13H15N3O3. The van der Waals surface area contributed by atoms with Gasteiger partial charge in [-0.1, -0.05) is 0 Å². The molecule has 0 radical (unpaired) electrons. The third-order valence-electron chi connectivity index (χ3n) is 2.60. The summed E-state index contributed by atoms with van der Waals surface area (Å²) in [5.41, 5.74) is 1.72. The SMILES string of the molecule is COc1ccc(NC(=O)c2cc(C)[nH]n2)c(OC)c1. The Morgan fingerprint density at radius 3 is 2.63 bits per heavy atom. The van der Waals surface area contributed by atoms with Crippen LogP contribution in [0.15, 0.2) is 24.3 Å². The second-order valence-corrected chi connectivity index (χ2v) is 3.96. The summed E-state index contributed by atoms with van der Waals surface area (Å²) in [6, 6.07) is 6.83. The Morgan fingerprint density at radius 2 is 2.05 bits per heavy atom. The molecule has 0 aliphatic rings. The zero-order chi connectivity index (χ0) is 13.8. The van der Waals surface area contributed by atoms with Crippen molar-refractivity contribution in [3.8, 4) is 11.5 Å². The number of aromatic amines is 1. The fourth-order valence-electron chi connectivity index (χ4n) is 1.62. The number of hydrogen-bond donors (Lipinski definition) is 2. The van der Waals surface area contributed by atoms with Gasteiger partial charge in [-0.2, -0.15) is 5.10 Å². The van der Waals surface area contributed by atoms with E-state index < -0.39 is 0 Å². The lowest BCUT2D eigenvalue weighted by Crippen LogP contribution is -2.13. The van der Waals surface area contributed by atoms with Crippen molar-refractivity contribution in [3.05, 3.63) is 35.7 Å². The quantitative estimate of drug-likeness (QED) is 0.882. The third-order valence-corrected chi connectivity index (χ3v) is 2.60. The zero-order valence-electron chi connectivity index (χ0n) is 11.0. The number of amides is 1. The number of methoxy groups -OCH3 is 2. The molecule has 1 aromatic carbocycles. The number of nitrogens with one attached hydrogen (secondary N) is 2. The van der Waals surface area contributed by atoms with E-state index in [0.29, 0.717) is 22.9 Å². The molecule has 0 fully saturated rings. The average Bonchev–Trinajstić information content (AvgIpc) is 2.86. The second kappa shape index (κ2) is 5.43. The summed E-state index contributed by atoms with van der Waals surface area (Å²) in [4.78, 5) is 12.0. The number of carbonyl (C=O) groups is 1. The Labute approximate surface area is 110 Å². The van der Waals surface area contributed by atoms with Crippen LogP contribution in [-0.4, -0.2) is 30.3 Å². The van der Waals surface area contributed by atoms with Gasteiger partial charge in [0.25, 0.3) is 5.91 Å². The van der Waals surface area contributed by atoms with E-state index in [1.807, 2.05) is 6.92 Å². The van der Waals surface area contributed by atoms with Crippen LogP contribution < -0.4 is 14.8 Å². The second-order valence-electron chi connectivity index (χ2n) is 3.96. The summed E-state index contributed by atoms with van der Waals surface area (Å²) in [5.74, 6) is 0.887. The molecule has 100 valence electrons. The van der Waals surface area contributed by atoms with Crippen molar-refractivity contribution in [2.75, 3.05) is 19.5 Å². The van der Waals surface area contributed by atoms with Gasteiger partial charge in [0.15, 0.2) is 5.69 Å². The van der Waals surface area contributed by atoms with Gasteiger partial charge in [-0.25, -0.2) is 0 Å². The van der Waals surface area contributed by atoms with Crippen molar-refractivity contribution in [2.24, 2.45) is 0 Å². The van der Waals surface area contributed by atoms with Gasteiger partial charge in [-0.15, -0.1) is 0 Å². The molecule has 19 heavy (non-hydrogen) atoms. The Morgan fingerprint density at radius 1 is 1.26 bits per heavy atom. The van der Waals surface area contributed by atoms with Crippen LogP contribution in [0.1, 0.15) is 16.2 Å². The first-order valence-corrected chi connectivity index (χ1v) is 5.69. The van der Waals surface area contributed by atoms with Gasteiger partial charge >= 0.3 is 0 Å². The van der Waals surface area contributed by atoms with Gasteiger partial charge in [0, 0.05) is 11.8 Å². The Balaban J connectivity index is 2.21. The highest BCUT2D eigenvalue weighted by Gasteiger charge is 2.12. The van der Waals surface area contributed by atoms with E-state index in [2.05, 4.69) is 15.5 Å². The van der Waals surface area contributed by atoms with E-state index in [0.717, 1.165) is 5.69 Å². The van der Waals surface area contributed by atoms with Gasteiger partial charge < -0.3 is 14.8 Å². The number of ether oxygens (including phenoxy) is 2. The minimum atomic E-state index is -0.298. The maximum atomic E-state index is 12.0. The van der Waals surface area contributed by atoms with Gasteiger partial charge in [0.1, 0.15) is 11.5 Å². The number of carbonyl (C=O) groups excluding carboxylic acids is 1. The van der Waals surface area contributed by atoms with Crippen molar-refractivity contribution in [3.63, 3.8) is 0 Å². The first-order chi connectivity index (χ1) is 9.13. The lowest BCUT2D eigenvalue weighted by atomic mass is 10.2. The maximum absolute atomic E-state index is 12.0. The van der Waals surface area contributed by atoms with Crippen LogP contribution in [0, 0.1) is 6.92 Å². The first-order valence-electron chi connectivity index (χ1n) is 5.69. The summed E-state index contributed by atoms with van der Waals surface area (Å²) in [6.45, 7) is 1.83. The number of benzene rings is 1. The van der Waals surface area contributed by atoms with Crippen molar-refractivity contribution < 1.29 is 14.3 Å². The predicted molar refractivity (Wildman–Crippen MR) is 70.8 cm³/mol. The van der Waals surface area contributed by atoms with Crippen molar-refractivity contribution in [2.45, 2.75) is 6.92 Å². The molecule has 0 spiro atoms. The molecule has 0 aliphatic heterocycles. The number of aryl methyl sites for hydroxylation is 1. The molecule has 0 saturated carbocycles. The molecule has 2 N–H and O–H groups in total. The number of anilines is 1. The maximum Gasteiger partial charge on any atom is 0.276 e. The summed E-state index contributed by atoms with van der Waals surface area (Å²) >= 11 is 0. The fourth-order valence-corrected chi connectivity index (χ4v) is 1.62. The Hall–Kier alpha value is -2.50. The molecule has 6 nitrogen and oxygen atoms in total. The highest BCUT2D eigenvalue weighted by Crippen LogP contribution is 2.29. The topological polar surface area (TPSA) is 76.2 Å². The minimum Gasteiger partial charge on any atom is -0.497 e. The van der Waals surface area contributed by atoms with Crippen molar-refractivity contribution in [1.29, 1.82) is 0 Å². The Kier molecular flexibility index (Phi) is 3.70. The first kappa shape index (κ1) is 12.9. The number of aromatic nitrogens is 2. The molecular weight excluding hydrogens is 246 g/mol. The molecule has 0 unspecified atom stereocenters. The summed E-state index contributed by atoms with van der Waals surface area (Å²) in [7, 11) is 3.10. The van der Waals surface area contributed by atoms with Gasteiger partial charge in [0.05, 0.1) is 19.9 Å². The molecule has 6 heteroatoms. The molecule has 0 aliphatic carbocycles. The largest absolute Gasteiger partial charge is 0.497 e. The molecule has 2 aromatic rings. The van der Waals surface area contributed by atoms with E-state index >= 15 is 0 Å². The van der Waals surface area contributed by atoms with E-state index in [1.54, 1.807) is 31.4 Å². The average molecular weight is 261 g/mol. The molecule has 0 bridgehead atoms. The van der Waals surface area contributed by atoms with Gasteiger partial charge in [-0.05, 0) is 25.1 Å². The monoisotopic (exact) mass is 261 g/mol. The smallest absolute Gasteiger partial charge is 0.276 e. The molecule has 2 rings (SSSR count). The van der Waals surface area contributed by atoms with Crippen LogP contribution in [0.25, 0.3) is 0 Å². The van der Waals surface area contributed by atoms with Gasteiger partial charge in [-0.3, -0.25) is 9.89 Å². The highest BCUT2D eigenvalue weighted by atomic mass is 16.5. The Bertz CT molecular complexity index is 593. The van der Waals surface area contributed by atoms with Crippen molar-refractivity contribution >= 4 is 11.6 Å². The molecule has 1 aromatic heterocycles. The number of nitrogens with zero attached hydrogens (tertiary/aromatic N) is 1. The summed E-state index contributed by atoms with van der Waals surface area (Å²) in [5, 5.41) is 9.36. The van der Waals surface area contributed by atoms with E-state index in [-0.39, 0.29) is 5.91 Å². The molecule has 0 atom stereocenters. The van der Waals surface area contributed by atoms with Crippen LogP contribution >= 0.6 is 0 Å². The van der Waals surface area contributed by atoms with Crippen molar-refractivity contribution in [1.82, 2.24) is 10.2 Å². The van der Waals surface area contributed by atoms with E-state index in [1.165, 1.54) is 7.11 Å². The summed E-state index contributed by atoms with van der Waals surface area (Å²) < 4.78 is 10.3. The van der Waals surface area contributed by atoms with Crippen LogP contribution in [0.4, 0.5) is 5.69 Å². The minimum absolute atomic E-state index is 0.298. The van der Waals surface area contributed by atoms with Crippen LogP contribution in [-0.2, 0) is 0 Å². The zero-order valence-corrected chi connectivity index (χ0v) is 11.0. The van der Waals surface area contributed by atoms with Crippen LogP contribution in [0.3, 0.4) is 0 Å². The predicted octanol–water partition coefficient (Wildman–Crippen LogP) is 1.99. The summed E-state index contributed by atoms with van der Waals surface area (Å²) in [6.07, 6.45) is 0. The van der Waals surface area contributed by atoms with Gasteiger partial charge in [0.2, 0.25) is 0 Å². The fraction of sp³-hybridized carbons (Fsp3) is 0.231. The highest BCUT2D eigenvalue weighted by molar-refractivity contribution is 6.03. The molecule has 0 saturated heterocycles. The third kappa shape index (κ3) is 2.85.